The third kappa shape index (κ3) is 6.22. The lowest BCUT2D eigenvalue weighted by Gasteiger charge is -2.33. The molecule has 8 nitrogen and oxygen atoms in total. The molecule has 6 N–H and O–H groups in total. The number of nitrogens with one attached hydrogen (secondary N) is 1. The summed E-state index contributed by atoms with van der Waals surface area (Å²) in [6, 6.07) is 7.87. The van der Waals surface area contributed by atoms with Crippen molar-refractivity contribution in [2.45, 2.75) is 32.0 Å². The van der Waals surface area contributed by atoms with Crippen LogP contribution in [0.15, 0.2) is 24.3 Å². The van der Waals surface area contributed by atoms with Gasteiger partial charge in [0.2, 0.25) is 11.9 Å². The minimum Gasteiger partial charge on any atom is -0.392 e. The minimum absolute atomic E-state index is 0. The molecular formula is C16H25Cl2N7O. The molecule has 10 heteroatoms. The first-order valence-electron chi connectivity index (χ1n) is 7.98. The zero-order valence-corrected chi connectivity index (χ0v) is 16.1. The average Bonchev–Trinajstić information content (AvgIpc) is 2.45. The van der Waals surface area contributed by atoms with Gasteiger partial charge in [-0.2, -0.15) is 15.0 Å². The highest BCUT2D eigenvalue weighted by Gasteiger charge is 2.24. The molecule has 1 saturated heterocycles. The Balaban J connectivity index is 0.00000169. The van der Waals surface area contributed by atoms with Crippen LogP contribution in [0.25, 0.3) is 0 Å². The number of nitrogens with two attached hydrogens (primary N) is 2. The Morgan fingerprint density at radius 1 is 1.23 bits per heavy atom. The molecular weight excluding hydrogens is 377 g/mol. The maximum Gasteiger partial charge on any atom is 0.232 e. The number of aliphatic hydroxyl groups excluding tert-OH is 1. The molecule has 2 aromatic rings. The fourth-order valence-electron chi connectivity index (χ4n) is 2.95. The quantitative estimate of drug-likeness (QED) is 0.602. The van der Waals surface area contributed by atoms with E-state index in [4.69, 9.17) is 11.5 Å². The molecule has 0 amide bonds. The molecule has 0 spiro atoms. The van der Waals surface area contributed by atoms with Gasteiger partial charge in [0.15, 0.2) is 0 Å². The van der Waals surface area contributed by atoms with Crippen LogP contribution >= 0.6 is 24.8 Å². The number of rotatable bonds is 4. The summed E-state index contributed by atoms with van der Waals surface area (Å²) in [4.78, 5) is 14.8. The van der Waals surface area contributed by atoms with Crippen LogP contribution in [0.3, 0.4) is 0 Å². The number of nitrogen functional groups attached to an aromatic ring is 1. The Labute approximate surface area is 165 Å². The van der Waals surface area contributed by atoms with E-state index in [0.717, 1.165) is 11.3 Å². The van der Waals surface area contributed by atoms with Gasteiger partial charge in [0.25, 0.3) is 0 Å². The summed E-state index contributed by atoms with van der Waals surface area (Å²) in [6.07, 6.45) is 0.202. The molecule has 1 fully saturated rings. The highest BCUT2D eigenvalue weighted by molar-refractivity contribution is 5.85. The molecule has 1 aliphatic rings. The molecule has 2 atom stereocenters. The van der Waals surface area contributed by atoms with Gasteiger partial charge in [-0.3, -0.25) is 4.90 Å². The van der Waals surface area contributed by atoms with E-state index in [1.54, 1.807) is 0 Å². The summed E-state index contributed by atoms with van der Waals surface area (Å²) in [5.41, 5.74) is 13.8. The SMILES string of the molecule is Cc1cccc(Nc2nc(N)nc(CN3C[C@@H](N)C[C@@H](O)C3)n2)c1.Cl.Cl. The predicted octanol–water partition coefficient (Wildman–Crippen LogP) is 1.24. The standard InChI is InChI=1S/C16H23N7O.2ClH/c1-10-3-2-4-12(5-10)19-16-21-14(20-15(18)22-16)9-23-7-11(17)6-13(24)8-23;;/h2-5,11,13,24H,6-9,17H2,1H3,(H3,18,19,20,21,22);2*1H/t11-,13+;;/m0../s1. The normalized spacial score (nSPS) is 20.0. The Morgan fingerprint density at radius 3 is 2.69 bits per heavy atom. The summed E-state index contributed by atoms with van der Waals surface area (Å²) in [6.45, 7) is 3.74. The van der Waals surface area contributed by atoms with E-state index in [1.165, 1.54) is 0 Å². The monoisotopic (exact) mass is 401 g/mol. The smallest absolute Gasteiger partial charge is 0.232 e. The molecule has 0 radical (unpaired) electrons. The summed E-state index contributed by atoms with van der Waals surface area (Å²) < 4.78 is 0. The first kappa shape index (κ1) is 22.3. The Hall–Kier alpha value is -1.71. The zero-order valence-electron chi connectivity index (χ0n) is 14.5. The summed E-state index contributed by atoms with van der Waals surface area (Å²) in [7, 11) is 0. The molecule has 1 aromatic carbocycles. The van der Waals surface area contributed by atoms with Crippen LogP contribution in [-0.2, 0) is 6.54 Å². The summed E-state index contributed by atoms with van der Waals surface area (Å²) in [5, 5.41) is 13.0. The van der Waals surface area contributed by atoms with E-state index < -0.39 is 6.10 Å². The molecule has 0 aliphatic carbocycles. The van der Waals surface area contributed by atoms with Crippen LogP contribution in [0.1, 0.15) is 17.8 Å². The van der Waals surface area contributed by atoms with Gasteiger partial charge >= 0.3 is 0 Å². The van der Waals surface area contributed by atoms with E-state index in [0.29, 0.717) is 37.8 Å². The van der Waals surface area contributed by atoms with Gasteiger partial charge in [-0.1, -0.05) is 12.1 Å². The van der Waals surface area contributed by atoms with Crippen LogP contribution < -0.4 is 16.8 Å². The Bertz CT molecular complexity index is 709. The number of aromatic nitrogens is 3. The highest BCUT2D eigenvalue weighted by atomic mass is 35.5. The van der Waals surface area contributed by atoms with Crippen molar-refractivity contribution in [3.63, 3.8) is 0 Å². The van der Waals surface area contributed by atoms with E-state index in [-0.39, 0.29) is 36.8 Å². The second-order valence-electron chi connectivity index (χ2n) is 6.27. The van der Waals surface area contributed by atoms with Crippen molar-refractivity contribution in [3.05, 3.63) is 35.7 Å². The van der Waals surface area contributed by atoms with Crippen molar-refractivity contribution in [2.24, 2.45) is 5.73 Å². The third-order valence-electron chi connectivity index (χ3n) is 3.87. The lowest BCUT2D eigenvalue weighted by atomic mass is 10.0. The molecule has 26 heavy (non-hydrogen) atoms. The van der Waals surface area contributed by atoms with Crippen molar-refractivity contribution < 1.29 is 5.11 Å². The number of piperidine rings is 1. The Kier molecular flexibility index (Phi) is 8.45. The number of anilines is 3. The number of benzene rings is 1. The zero-order chi connectivity index (χ0) is 17.1. The molecule has 1 aliphatic heterocycles. The number of β-amino-alcohol motifs (C(OH)–C–C–N with tert-alkyl or cyclic N) is 1. The van der Waals surface area contributed by atoms with Crippen LogP contribution in [-0.4, -0.2) is 50.2 Å². The fourth-order valence-corrected chi connectivity index (χ4v) is 2.95. The van der Waals surface area contributed by atoms with Crippen LogP contribution in [0.4, 0.5) is 17.6 Å². The molecule has 144 valence electrons. The number of aliphatic hydroxyl groups is 1. The molecule has 0 bridgehead atoms. The van der Waals surface area contributed by atoms with Crippen LogP contribution in [0.2, 0.25) is 0 Å². The molecule has 1 aromatic heterocycles. The topological polar surface area (TPSA) is 126 Å². The number of hydrogen-bond donors (Lipinski definition) is 4. The van der Waals surface area contributed by atoms with Crippen molar-refractivity contribution in [1.29, 1.82) is 0 Å². The van der Waals surface area contributed by atoms with Gasteiger partial charge in [-0.05, 0) is 31.0 Å². The lowest BCUT2D eigenvalue weighted by molar-refractivity contribution is 0.0552. The number of halogens is 2. The van der Waals surface area contributed by atoms with Crippen LogP contribution in [0.5, 0.6) is 0 Å². The van der Waals surface area contributed by atoms with Gasteiger partial charge < -0.3 is 21.9 Å². The second kappa shape index (κ2) is 9.84. The summed E-state index contributed by atoms with van der Waals surface area (Å²) in [5.74, 6) is 1.13. The van der Waals surface area contributed by atoms with E-state index >= 15 is 0 Å². The number of aryl methyl sites for hydroxylation is 1. The highest BCUT2D eigenvalue weighted by Crippen LogP contribution is 2.16. The van der Waals surface area contributed by atoms with Gasteiger partial charge in [-0.25, -0.2) is 0 Å². The van der Waals surface area contributed by atoms with Crippen LogP contribution in [0, 0.1) is 6.92 Å². The van der Waals surface area contributed by atoms with E-state index in [1.807, 2.05) is 36.1 Å². The molecule has 2 heterocycles. The average molecular weight is 402 g/mol. The van der Waals surface area contributed by atoms with Gasteiger partial charge in [0.1, 0.15) is 5.82 Å². The number of nitrogens with zero attached hydrogens (tertiary/aromatic N) is 4. The molecule has 0 saturated carbocycles. The van der Waals surface area contributed by atoms with Gasteiger partial charge in [0.05, 0.1) is 12.6 Å². The van der Waals surface area contributed by atoms with E-state index in [2.05, 4.69) is 20.3 Å². The van der Waals surface area contributed by atoms with Crippen molar-refractivity contribution in [1.82, 2.24) is 19.9 Å². The predicted molar refractivity (Wildman–Crippen MR) is 107 cm³/mol. The first-order valence-corrected chi connectivity index (χ1v) is 7.98. The molecule has 3 rings (SSSR count). The third-order valence-corrected chi connectivity index (χ3v) is 3.87. The maximum atomic E-state index is 9.85. The number of likely N-dealkylation sites (tertiary alicyclic amines) is 1. The number of hydrogen-bond acceptors (Lipinski definition) is 8. The van der Waals surface area contributed by atoms with Crippen molar-refractivity contribution in [3.8, 4) is 0 Å². The second-order valence-corrected chi connectivity index (χ2v) is 6.27. The lowest BCUT2D eigenvalue weighted by Crippen LogP contribution is -2.48. The van der Waals surface area contributed by atoms with Gasteiger partial charge in [-0.15, -0.1) is 24.8 Å². The van der Waals surface area contributed by atoms with Crippen molar-refractivity contribution >= 4 is 42.4 Å². The van der Waals surface area contributed by atoms with Gasteiger partial charge in [0, 0.05) is 24.8 Å². The summed E-state index contributed by atoms with van der Waals surface area (Å²) >= 11 is 0. The first-order chi connectivity index (χ1) is 11.5. The van der Waals surface area contributed by atoms with Crippen molar-refractivity contribution in [2.75, 3.05) is 24.1 Å². The maximum absolute atomic E-state index is 9.85. The largest absolute Gasteiger partial charge is 0.392 e. The minimum atomic E-state index is -0.419. The Morgan fingerprint density at radius 2 is 2.00 bits per heavy atom. The van der Waals surface area contributed by atoms with E-state index in [9.17, 15) is 5.11 Å². The fraction of sp³-hybridized carbons (Fsp3) is 0.438. The molecule has 0 unspecified atom stereocenters.